The fourth-order valence-electron chi connectivity index (χ4n) is 5.05. The van der Waals surface area contributed by atoms with Gasteiger partial charge in [0.2, 0.25) is 0 Å². The van der Waals surface area contributed by atoms with Crippen molar-refractivity contribution in [3.8, 4) is 0 Å². The Morgan fingerprint density at radius 3 is 2.10 bits per heavy atom. The Kier molecular flexibility index (Phi) is 5.64. The van der Waals surface area contributed by atoms with E-state index in [0.717, 1.165) is 61.9 Å². The van der Waals surface area contributed by atoms with Crippen LogP contribution in [0.25, 0.3) is 0 Å². The minimum atomic E-state index is -0.729. The number of benzene rings is 3. The maximum atomic E-state index is 13.1. The van der Waals surface area contributed by atoms with E-state index in [-0.39, 0.29) is 5.82 Å². The van der Waals surface area contributed by atoms with Gasteiger partial charge < -0.3 is 10.0 Å². The summed E-state index contributed by atoms with van der Waals surface area (Å²) in [4.78, 5) is 2.53. The van der Waals surface area contributed by atoms with E-state index in [4.69, 9.17) is 0 Å². The molecule has 1 heterocycles. The van der Waals surface area contributed by atoms with Gasteiger partial charge in [-0.05, 0) is 71.9 Å². The molecule has 0 bridgehead atoms. The Morgan fingerprint density at radius 2 is 1.45 bits per heavy atom. The monoisotopic (exact) mass is 415 g/mol. The first-order valence-electron chi connectivity index (χ1n) is 11.4. The Bertz CT molecular complexity index is 991. The molecule has 3 aromatic rings. The lowest BCUT2D eigenvalue weighted by Gasteiger charge is -2.38. The van der Waals surface area contributed by atoms with Gasteiger partial charge in [-0.15, -0.1) is 0 Å². The molecule has 1 aliphatic heterocycles. The summed E-state index contributed by atoms with van der Waals surface area (Å²) in [5.74, 6) is 1.28. The van der Waals surface area contributed by atoms with Crippen molar-refractivity contribution in [1.82, 2.24) is 4.90 Å². The van der Waals surface area contributed by atoms with Crippen LogP contribution in [0.3, 0.4) is 0 Å². The van der Waals surface area contributed by atoms with Gasteiger partial charge in [-0.3, -0.25) is 0 Å². The number of hydrogen-bond donors (Lipinski definition) is 1. The van der Waals surface area contributed by atoms with Gasteiger partial charge in [0, 0.05) is 19.6 Å². The lowest BCUT2D eigenvalue weighted by molar-refractivity contribution is -0.0268. The van der Waals surface area contributed by atoms with Gasteiger partial charge in [0.25, 0.3) is 0 Å². The maximum Gasteiger partial charge on any atom is 0.123 e. The van der Waals surface area contributed by atoms with Gasteiger partial charge in [0.15, 0.2) is 0 Å². The normalized spacial score (nSPS) is 22.9. The highest BCUT2D eigenvalue weighted by Gasteiger charge is 2.41. The van der Waals surface area contributed by atoms with E-state index in [1.807, 2.05) is 12.1 Å². The zero-order valence-electron chi connectivity index (χ0n) is 17.9. The van der Waals surface area contributed by atoms with Crippen LogP contribution in [-0.2, 0) is 12.0 Å². The van der Waals surface area contributed by atoms with E-state index in [9.17, 15) is 9.50 Å². The molecule has 3 aromatic carbocycles. The van der Waals surface area contributed by atoms with Crippen LogP contribution in [0.2, 0.25) is 0 Å². The van der Waals surface area contributed by atoms with Gasteiger partial charge in [-0.2, -0.15) is 0 Å². The minimum absolute atomic E-state index is 0.204. The fourth-order valence-corrected chi connectivity index (χ4v) is 5.05. The predicted molar refractivity (Wildman–Crippen MR) is 123 cm³/mol. The summed E-state index contributed by atoms with van der Waals surface area (Å²) in [6.45, 7) is 3.05. The van der Waals surface area contributed by atoms with Gasteiger partial charge in [0.1, 0.15) is 5.82 Å². The molecule has 3 heteroatoms. The molecule has 0 spiro atoms. The van der Waals surface area contributed by atoms with Crippen molar-refractivity contribution < 1.29 is 9.50 Å². The van der Waals surface area contributed by atoms with Crippen molar-refractivity contribution in [3.05, 3.63) is 107 Å². The molecule has 1 saturated carbocycles. The molecule has 2 atom stereocenters. The van der Waals surface area contributed by atoms with Crippen molar-refractivity contribution in [2.24, 2.45) is 5.92 Å². The standard InChI is InChI=1S/C28H30FNO/c29-26-12-8-22(9-13-26)18-21-6-10-25(11-7-21)28(31)14-16-30(17-15-28)20-24-19-27(24)23-4-2-1-3-5-23/h1-13,24,27,31H,14-20H2/t24-,27-/m0/s1. The number of nitrogens with zero attached hydrogens (tertiary/aromatic N) is 1. The molecule has 1 aliphatic carbocycles. The molecule has 2 nitrogen and oxygen atoms in total. The summed E-state index contributed by atoms with van der Waals surface area (Å²) in [7, 11) is 0. The average molecular weight is 416 g/mol. The van der Waals surface area contributed by atoms with Gasteiger partial charge in [-0.1, -0.05) is 66.7 Å². The first-order valence-corrected chi connectivity index (χ1v) is 11.4. The largest absolute Gasteiger partial charge is 0.385 e. The Balaban J connectivity index is 1.14. The van der Waals surface area contributed by atoms with E-state index in [1.165, 1.54) is 29.7 Å². The molecular weight excluding hydrogens is 385 g/mol. The van der Waals surface area contributed by atoms with Crippen molar-refractivity contribution >= 4 is 0 Å². The molecule has 0 unspecified atom stereocenters. The van der Waals surface area contributed by atoms with Crippen LogP contribution >= 0.6 is 0 Å². The summed E-state index contributed by atoms with van der Waals surface area (Å²) in [6.07, 6.45) is 3.64. The highest BCUT2D eigenvalue weighted by Crippen LogP contribution is 2.48. The highest BCUT2D eigenvalue weighted by atomic mass is 19.1. The minimum Gasteiger partial charge on any atom is -0.385 e. The van der Waals surface area contributed by atoms with Gasteiger partial charge in [0.05, 0.1) is 5.60 Å². The molecular formula is C28H30FNO. The molecule has 1 saturated heterocycles. The Hall–Kier alpha value is -2.49. The number of piperidine rings is 1. The summed E-state index contributed by atoms with van der Waals surface area (Å²) < 4.78 is 13.1. The van der Waals surface area contributed by atoms with Crippen LogP contribution in [0, 0.1) is 11.7 Å². The molecule has 2 fully saturated rings. The van der Waals surface area contributed by atoms with E-state index >= 15 is 0 Å². The zero-order chi connectivity index (χ0) is 21.3. The van der Waals surface area contributed by atoms with Crippen molar-refractivity contribution in [1.29, 1.82) is 0 Å². The smallest absolute Gasteiger partial charge is 0.123 e. The summed E-state index contributed by atoms with van der Waals surface area (Å²) in [5, 5.41) is 11.3. The highest BCUT2D eigenvalue weighted by molar-refractivity contribution is 5.32. The second-order valence-electron chi connectivity index (χ2n) is 9.35. The van der Waals surface area contributed by atoms with Crippen molar-refractivity contribution in [2.45, 2.75) is 37.2 Å². The van der Waals surface area contributed by atoms with Crippen molar-refractivity contribution in [3.63, 3.8) is 0 Å². The predicted octanol–water partition coefficient (Wildman–Crippen LogP) is 5.50. The topological polar surface area (TPSA) is 23.5 Å². The molecule has 0 amide bonds. The van der Waals surface area contributed by atoms with E-state index in [1.54, 1.807) is 0 Å². The lowest BCUT2D eigenvalue weighted by Crippen LogP contribution is -2.43. The van der Waals surface area contributed by atoms with Crippen LogP contribution < -0.4 is 0 Å². The maximum absolute atomic E-state index is 13.1. The molecule has 0 aromatic heterocycles. The number of aliphatic hydroxyl groups is 1. The second-order valence-corrected chi connectivity index (χ2v) is 9.35. The number of hydrogen-bond acceptors (Lipinski definition) is 2. The summed E-state index contributed by atoms with van der Waals surface area (Å²) >= 11 is 0. The third-order valence-corrected chi connectivity index (χ3v) is 7.14. The van der Waals surface area contributed by atoms with Crippen molar-refractivity contribution in [2.75, 3.05) is 19.6 Å². The number of likely N-dealkylation sites (tertiary alicyclic amines) is 1. The van der Waals surface area contributed by atoms with E-state index in [0.29, 0.717) is 0 Å². The summed E-state index contributed by atoms with van der Waals surface area (Å²) in [5.41, 5.74) is 4.03. The third-order valence-electron chi connectivity index (χ3n) is 7.14. The Labute approximate surface area is 184 Å². The van der Waals surface area contributed by atoms with Crippen LogP contribution in [0.15, 0.2) is 78.9 Å². The van der Waals surface area contributed by atoms with Gasteiger partial charge >= 0.3 is 0 Å². The van der Waals surface area contributed by atoms with E-state index < -0.39 is 5.60 Å². The third kappa shape index (κ3) is 4.73. The van der Waals surface area contributed by atoms with Crippen LogP contribution in [0.5, 0.6) is 0 Å². The molecule has 31 heavy (non-hydrogen) atoms. The van der Waals surface area contributed by atoms with E-state index in [2.05, 4.69) is 59.5 Å². The molecule has 1 N–H and O–H groups in total. The van der Waals surface area contributed by atoms with Crippen LogP contribution in [0.4, 0.5) is 4.39 Å². The molecule has 5 rings (SSSR count). The molecule has 0 radical (unpaired) electrons. The lowest BCUT2D eigenvalue weighted by atomic mass is 9.84. The molecule has 160 valence electrons. The van der Waals surface area contributed by atoms with Crippen LogP contribution in [-0.4, -0.2) is 29.6 Å². The zero-order valence-corrected chi connectivity index (χ0v) is 17.9. The fraction of sp³-hybridized carbons (Fsp3) is 0.357. The second kappa shape index (κ2) is 8.57. The number of halogens is 1. The first-order chi connectivity index (χ1) is 15.1. The SMILES string of the molecule is OC1(c2ccc(Cc3ccc(F)cc3)cc2)CCN(C[C@@H]2C[C@H]2c2ccccc2)CC1. The molecule has 2 aliphatic rings. The quantitative estimate of drug-likeness (QED) is 0.574. The number of rotatable bonds is 6. The first kappa shape index (κ1) is 20.4. The van der Waals surface area contributed by atoms with Crippen LogP contribution in [0.1, 0.15) is 47.4 Å². The Morgan fingerprint density at radius 1 is 0.839 bits per heavy atom. The average Bonchev–Trinajstić information content (AvgIpc) is 3.57. The summed E-state index contributed by atoms with van der Waals surface area (Å²) in [6, 6.07) is 25.8. The van der Waals surface area contributed by atoms with Gasteiger partial charge in [-0.25, -0.2) is 4.39 Å².